The molecule has 1 amide bonds. The fraction of sp³-hybridized carbons (Fsp3) is 0.300. The van der Waals surface area contributed by atoms with Gasteiger partial charge in [-0.2, -0.15) is 11.8 Å². The van der Waals surface area contributed by atoms with E-state index >= 15 is 0 Å². The van der Waals surface area contributed by atoms with Crippen molar-refractivity contribution >= 4 is 23.6 Å². The molecule has 1 aliphatic rings. The van der Waals surface area contributed by atoms with Crippen LogP contribution in [0.15, 0.2) is 54.6 Å². The summed E-state index contributed by atoms with van der Waals surface area (Å²) in [5.74, 6) is -0.00575. The highest BCUT2D eigenvalue weighted by Crippen LogP contribution is 2.36. The number of carbonyl (C=O) groups excluding carboxylic acids is 1. The van der Waals surface area contributed by atoms with E-state index in [-0.39, 0.29) is 23.9 Å². The summed E-state index contributed by atoms with van der Waals surface area (Å²) >= 11 is 1.88. The van der Waals surface area contributed by atoms with Gasteiger partial charge in [0.1, 0.15) is 0 Å². The Bertz CT molecular complexity index is 763. The summed E-state index contributed by atoms with van der Waals surface area (Å²) < 4.78 is 0. The molecule has 5 heteroatoms. The molecule has 2 aromatic carbocycles. The zero-order valence-corrected chi connectivity index (χ0v) is 14.9. The van der Waals surface area contributed by atoms with Crippen molar-refractivity contribution in [1.82, 2.24) is 4.90 Å². The topological polar surface area (TPSA) is 57.6 Å². The molecule has 25 heavy (non-hydrogen) atoms. The van der Waals surface area contributed by atoms with Crippen LogP contribution >= 0.6 is 11.8 Å². The zero-order valence-electron chi connectivity index (χ0n) is 14.1. The van der Waals surface area contributed by atoms with Crippen molar-refractivity contribution in [3.63, 3.8) is 0 Å². The minimum Gasteiger partial charge on any atom is -0.478 e. The van der Waals surface area contributed by atoms with Crippen molar-refractivity contribution in [1.29, 1.82) is 0 Å². The predicted octanol–water partition coefficient (Wildman–Crippen LogP) is 3.63. The maximum absolute atomic E-state index is 12.9. The Hall–Kier alpha value is -2.27. The maximum Gasteiger partial charge on any atom is 0.335 e. The number of amides is 1. The van der Waals surface area contributed by atoms with Crippen LogP contribution in [-0.4, -0.2) is 39.4 Å². The lowest BCUT2D eigenvalue weighted by molar-refractivity contribution is -0.132. The third-order valence-corrected chi connectivity index (χ3v) is 5.69. The van der Waals surface area contributed by atoms with Crippen molar-refractivity contribution in [3.05, 3.63) is 71.3 Å². The largest absolute Gasteiger partial charge is 0.478 e. The van der Waals surface area contributed by atoms with Crippen molar-refractivity contribution in [2.75, 3.05) is 12.3 Å². The Labute approximate surface area is 151 Å². The SMILES string of the molecule is CC1SCCN(C(=O)Cc2cccc(C(=O)O)c2)C1c1ccccc1. The van der Waals surface area contributed by atoms with Gasteiger partial charge >= 0.3 is 5.97 Å². The van der Waals surface area contributed by atoms with Crippen LogP contribution < -0.4 is 0 Å². The number of carbonyl (C=O) groups is 2. The summed E-state index contributed by atoms with van der Waals surface area (Å²) in [6, 6.07) is 16.8. The number of carboxylic acid groups (broad SMARTS) is 1. The molecule has 0 aliphatic carbocycles. The van der Waals surface area contributed by atoms with E-state index < -0.39 is 5.97 Å². The van der Waals surface area contributed by atoms with E-state index in [9.17, 15) is 9.59 Å². The van der Waals surface area contributed by atoms with Crippen LogP contribution in [0.4, 0.5) is 0 Å². The third kappa shape index (κ3) is 4.04. The van der Waals surface area contributed by atoms with E-state index in [1.807, 2.05) is 40.9 Å². The molecule has 2 aromatic rings. The highest BCUT2D eigenvalue weighted by molar-refractivity contribution is 8.00. The second kappa shape index (κ2) is 7.74. The van der Waals surface area contributed by atoms with E-state index in [2.05, 4.69) is 19.1 Å². The molecule has 3 rings (SSSR count). The molecule has 1 fully saturated rings. The molecule has 0 bridgehead atoms. The first-order valence-corrected chi connectivity index (χ1v) is 9.39. The first-order valence-electron chi connectivity index (χ1n) is 8.34. The average Bonchev–Trinajstić information content (AvgIpc) is 2.62. The molecule has 0 spiro atoms. The number of nitrogens with zero attached hydrogens (tertiary/aromatic N) is 1. The minimum absolute atomic E-state index is 0.0449. The number of aromatic carboxylic acids is 1. The lowest BCUT2D eigenvalue weighted by Crippen LogP contribution is -2.44. The van der Waals surface area contributed by atoms with Gasteiger partial charge < -0.3 is 10.0 Å². The first-order chi connectivity index (χ1) is 12.1. The van der Waals surface area contributed by atoms with Gasteiger partial charge in [-0.05, 0) is 23.3 Å². The highest BCUT2D eigenvalue weighted by atomic mass is 32.2. The number of thioether (sulfide) groups is 1. The molecule has 0 radical (unpaired) electrons. The fourth-order valence-electron chi connectivity index (χ4n) is 3.29. The summed E-state index contributed by atoms with van der Waals surface area (Å²) in [4.78, 5) is 26.0. The highest BCUT2D eigenvalue weighted by Gasteiger charge is 2.33. The van der Waals surface area contributed by atoms with Crippen LogP contribution in [0.1, 0.15) is 34.5 Å². The number of rotatable bonds is 4. The van der Waals surface area contributed by atoms with Crippen molar-refractivity contribution in [2.24, 2.45) is 0 Å². The van der Waals surface area contributed by atoms with Crippen LogP contribution in [0, 0.1) is 0 Å². The lowest BCUT2D eigenvalue weighted by Gasteiger charge is -2.40. The van der Waals surface area contributed by atoms with Gasteiger partial charge in [-0.1, -0.05) is 49.4 Å². The van der Waals surface area contributed by atoms with Gasteiger partial charge in [-0.25, -0.2) is 4.79 Å². The molecule has 1 saturated heterocycles. The van der Waals surface area contributed by atoms with Gasteiger partial charge in [0.15, 0.2) is 0 Å². The molecule has 130 valence electrons. The standard InChI is InChI=1S/C20H21NO3S/c1-14-19(16-7-3-2-4-8-16)21(10-11-25-14)18(22)13-15-6-5-9-17(12-15)20(23)24/h2-9,12,14,19H,10-11,13H2,1H3,(H,23,24). The van der Waals surface area contributed by atoms with Crippen LogP contribution in [-0.2, 0) is 11.2 Å². The van der Waals surface area contributed by atoms with E-state index in [4.69, 9.17) is 5.11 Å². The van der Waals surface area contributed by atoms with Crippen molar-refractivity contribution in [3.8, 4) is 0 Å². The van der Waals surface area contributed by atoms with E-state index in [1.165, 1.54) is 0 Å². The molecule has 0 aromatic heterocycles. The summed E-state index contributed by atoms with van der Waals surface area (Å²) in [5.41, 5.74) is 2.10. The van der Waals surface area contributed by atoms with Gasteiger partial charge in [-0.3, -0.25) is 4.79 Å². The smallest absolute Gasteiger partial charge is 0.335 e. The molecule has 1 heterocycles. The van der Waals surface area contributed by atoms with Crippen LogP contribution in [0.25, 0.3) is 0 Å². The minimum atomic E-state index is -0.973. The molecular formula is C20H21NO3S. The zero-order chi connectivity index (χ0) is 17.8. The van der Waals surface area contributed by atoms with Crippen LogP contribution in [0.2, 0.25) is 0 Å². The first kappa shape index (κ1) is 17.5. The monoisotopic (exact) mass is 355 g/mol. The maximum atomic E-state index is 12.9. The molecule has 4 nitrogen and oxygen atoms in total. The van der Waals surface area contributed by atoms with Crippen LogP contribution in [0.3, 0.4) is 0 Å². The molecule has 0 saturated carbocycles. The molecule has 1 N–H and O–H groups in total. The van der Waals surface area contributed by atoms with Gasteiger partial charge in [0.25, 0.3) is 0 Å². The summed E-state index contributed by atoms with van der Waals surface area (Å²) in [6.45, 7) is 2.87. The van der Waals surface area contributed by atoms with Gasteiger partial charge in [0, 0.05) is 17.5 Å². The number of carboxylic acids is 1. The van der Waals surface area contributed by atoms with E-state index in [1.54, 1.807) is 18.2 Å². The van der Waals surface area contributed by atoms with E-state index in [0.29, 0.717) is 11.8 Å². The van der Waals surface area contributed by atoms with E-state index in [0.717, 1.165) is 16.9 Å². The fourth-order valence-corrected chi connectivity index (χ4v) is 4.45. The Balaban J connectivity index is 1.82. The Morgan fingerprint density at radius 2 is 1.92 bits per heavy atom. The summed E-state index contributed by atoms with van der Waals surface area (Å²) in [5, 5.41) is 9.44. The molecule has 2 atom stereocenters. The van der Waals surface area contributed by atoms with Gasteiger partial charge in [0.2, 0.25) is 5.91 Å². The second-order valence-corrected chi connectivity index (χ2v) is 7.69. The summed E-state index contributed by atoms with van der Waals surface area (Å²) in [7, 11) is 0. The van der Waals surface area contributed by atoms with Gasteiger partial charge in [0.05, 0.1) is 18.0 Å². The lowest BCUT2D eigenvalue weighted by atomic mass is 10.0. The molecule has 2 unspecified atom stereocenters. The molecular weight excluding hydrogens is 334 g/mol. The normalized spacial score (nSPS) is 20.3. The van der Waals surface area contributed by atoms with Crippen molar-refractivity contribution < 1.29 is 14.7 Å². The Morgan fingerprint density at radius 1 is 1.16 bits per heavy atom. The van der Waals surface area contributed by atoms with Crippen LogP contribution in [0.5, 0.6) is 0 Å². The quantitative estimate of drug-likeness (QED) is 0.910. The molecule has 1 aliphatic heterocycles. The van der Waals surface area contributed by atoms with Gasteiger partial charge in [-0.15, -0.1) is 0 Å². The third-order valence-electron chi connectivity index (χ3n) is 4.48. The Morgan fingerprint density at radius 3 is 2.64 bits per heavy atom. The predicted molar refractivity (Wildman–Crippen MR) is 99.9 cm³/mol. The average molecular weight is 355 g/mol. The second-order valence-electron chi connectivity index (χ2n) is 6.20. The number of hydrogen-bond acceptors (Lipinski definition) is 3. The number of benzene rings is 2. The van der Waals surface area contributed by atoms with Crippen molar-refractivity contribution in [2.45, 2.75) is 24.6 Å². The summed E-state index contributed by atoms with van der Waals surface area (Å²) in [6.07, 6.45) is 0.224. The Kier molecular flexibility index (Phi) is 5.43. The number of hydrogen-bond donors (Lipinski definition) is 1.